The van der Waals surface area contributed by atoms with E-state index in [1.54, 1.807) is 6.07 Å². The number of ether oxygens (including phenoxy) is 1. The summed E-state index contributed by atoms with van der Waals surface area (Å²) in [5, 5.41) is 3.55. The fourth-order valence-corrected chi connectivity index (χ4v) is 4.46. The number of hydrogen-bond donors (Lipinski definition) is 1. The standard InChI is InChI=1S/C19H25FN2O2/c1-19(2)11-21-17(19)12-6-8-22(9-7-12)18(23)15-10-13-4-3-5-14(20)16(13)24-15/h3-5,12,15,17,21H,6-11H2,1-2H3. The van der Waals surface area contributed by atoms with Crippen molar-refractivity contribution in [1.29, 1.82) is 0 Å². The average Bonchev–Trinajstić information content (AvgIpc) is 3.00. The van der Waals surface area contributed by atoms with Crippen molar-refractivity contribution in [2.75, 3.05) is 19.6 Å². The second kappa shape index (κ2) is 5.73. The Morgan fingerprint density at radius 2 is 2.08 bits per heavy atom. The van der Waals surface area contributed by atoms with Gasteiger partial charge < -0.3 is 15.0 Å². The molecule has 0 aromatic heterocycles. The van der Waals surface area contributed by atoms with Crippen molar-refractivity contribution in [2.24, 2.45) is 11.3 Å². The summed E-state index contributed by atoms with van der Waals surface area (Å²) in [5.74, 6) is 0.521. The Labute approximate surface area is 142 Å². The van der Waals surface area contributed by atoms with Crippen LogP contribution in [0.2, 0.25) is 0 Å². The number of carbonyl (C=O) groups is 1. The number of piperidine rings is 1. The monoisotopic (exact) mass is 332 g/mol. The third-order valence-electron chi connectivity index (χ3n) is 5.93. The molecule has 2 saturated heterocycles. The number of nitrogens with one attached hydrogen (secondary N) is 1. The number of amides is 1. The van der Waals surface area contributed by atoms with Crippen LogP contribution in [0.25, 0.3) is 0 Å². The number of halogens is 1. The maximum absolute atomic E-state index is 13.8. The molecular weight excluding hydrogens is 307 g/mol. The van der Waals surface area contributed by atoms with E-state index in [1.807, 2.05) is 11.0 Å². The van der Waals surface area contributed by atoms with E-state index >= 15 is 0 Å². The Morgan fingerprint density at radius 1 is 1.33 bits per heavy atom. The molecule has 4 rings (SSSR count). The van der Waals surface area contributed by atoms with Crippen molar-refractivity contribution >= 4 is 5.91 Å². The maximum Gasteiger partial charge on any atom is 0.263 e. The first-order valence-electron chi connectivity index (χ1n) is 8.92. The number of likely N-dealkylation sites (tertiary alicyclic amines) is 1. The van der Waals surface area contributed by atoms with E-state index in [4.69, 9.17) is 4.74 Å². The molecule has 0 bridgehead atoms. The van der Waals surface area contributed by atoms with Crippen LogP contribution in [-0.4, -0.2) is 42.6 Å². The smallest absolute Gasteiger partial charge is 0.263 e. The Kier molecular flexibility index (Phi) is 3.79. The molecular formula is C19H25FN2O2. The normalized spacial score (nSPS) is 28.9. The van der Waals surface area contributed by atoms with Gasteiger partial charge in [-0.3, -0.25) is 4.79 Å². The van der Waals surface area contributed by atoms with Crippen LogP contribution >= 0.6 is 0 Å². The molecule has 2 fully saturated rings. The molecule has 2 atom stereocenters. The van der Waals surface area contributed by atoms with Crippen LogP contribution in [0, 0.1) is 17.2 Å². The van der Waals surface area contributed by atoms with Crippen LogP contribution in [0.15, 0.2) is 18.2 Å². The zero-order valence-electron chi connectivity index (χ0n) is 14.3. The van der Waals surface area contributed by atoms with E-state index in [0.717, 1.165) is 38.0 Å². The largest absolute Gasteiger partial charge is 0.477 e. The highest BCUT2D eigenvalue weighted by Gasteiger charge is 2.44. The topological polar surface area (TPSA) is 41.6 Å². The summed E-state index contributed by atoms with van der Waals surface area (Å²) in [5.41, 5.74) is 1.16. The van der Waals surface area contributed by atoms with Gasteiger partial charge in [-0.25, -0.2) is 4.39 Å². The van der Waals surface area contributed by atoms with E-state index in [9.17, 15) is 9.18 Å². The summed E-state index contributed by atoms with van der Waals surface area (Å²) in [6, 6.07) is 5.45. The maximum atomic E-state index is 13.8. The molecule has 0 saturated carbocycles. The first-order valence-corrected chi connectivity index (χ1v) is 8.92. The second-order valence-corrected chi connectivity index (χ2v) is 8.05. The molecule has 3 heterocycles. The first kappa shape index (κ1) is 15.9. The molecule has 1 amide bonds. The van der Waals surface area contributed by atoms with E-state index in [2.05, 4.69) is 19.2 Å². The number of benzene rings is 1. The van der Waals surface area contributed by atoms with Crippen molar-refractivity contribution < 1.29 is 13.9 Å². The molecule has 0 radical (unpaired) electrons. The molecule has 0 aliphatic carbocycles. The number of para-hydroxylation sites is 1. The summed E-state index contributed by atoms with van der Waals surface area (Å²) in [4.78, 5) is 14.6. The van der Waals surface area contributed by atoms with E-state index in [0.29, 0.717) is 23.8 Å². The first-order chi connectivity index (χ1) is 11.5. The van der Waals surface area contributed by atoms with Gasteiger partial charge in [0.05, 0.1) is 0 Å². The number of hydrogen-bond acceptors (Lipinski definition) is 3. The second-order valence-electron chi connectivity index (χ2n) is 8.05. The van der Waals surface area contributed by atoms with Gasteiger partial charge in [-0.2, -0.15) is 0 Å². The summed E-state index contributed by atoms with van der Waals surface area (Å²) < 4.78 is 19.4. The predicted molar refractivity (Wildman–Crippen MR) is 89.4 cm³/mol. The summed E-state index contributed by atoms with van der Waals surface area (Å²) in [6.07, 6.45) is 1.97. The Morgan fingerprint density at radius 3 is 2.67 bits per heavy atom. The lowest BCUT2D eigenvalue weighted by Crippen LogP contribution is -2.64. The Balaban J connectivity index is 1.35. The minimum atomic E-state index is -0.563. The van der Waals surface area contributed by atoms with Gasteiger partial charge in [0.15, 0.2) is 17.7 Å². The minimum absolute atomic E-state index is 0.00452. The third kappa shape index (κ3) is 2.59. The highest BCUT2D eigenvalue weighted by molar-refractivity contribution is 5.82. The highest BCUT2D eigenvalue weighted by Crippen LogP contribution is 2.38. The van der Waals surface area contributed by atoms with E-state index in [1.165, 1.54) is 6.07 Å². The van der Waals surface area contributed by atoms with Crippen LogP contribution in [0.5, 0.6) is 5.75 Å². The summed E-state index contributed by atoms with van der Waals surface area (Å²) in [7, 11) is 0. The van der Waals surface area contributed by atoms with Crippen LogP contribution in [-0.2, 0) is 11.2 Å². The van der Waals surface area contributed by atoms with Gasteiger partial charge in [-0.15, -0.1) is 0 Å². The van der Waals surface area contributed by atoms with Gasteiger partial charge >= 0.3 is 0 Å². The van der Waals surface area contributed by atoms with Gasteiger partial charge in [0.25, 0.3) is 5.91 Å². The molecule has 3 aliphatic rings. The molecule has 1 N–H and O–H groups in total. The van der Waals surface area contributed by atoms with Crippen molar-refractivity contribution in [3.05, 3.63) is 29.6 Å². The Hall–Kier alpha value is -1.62. The highest BCUT2D eigenvalue weighted by atomic mass is 19.1. The quantitative estimate of drug-likeness (QED) is 0.904. The summed E-state index contributed by atoms with van der Waals surface area (Å²) in [6.45, 7) is 7.25. The van der Waals surface area contributed by atoms with Gasteiger partial charge in [0, 0.05) is 37.7 Å². The van der Waals surface area contributed by atoms with Gasteiger partial charge in [0.2, 0.25) is 0 Å². The molecule has 3 aliphatic heterocycles. The van der Waals surface area contributed by atoms with Crippen LogP contribution in [0.3, 0.4) is 0 Å². The molecule has 4 nitrogen and oxygen atoms in total. The van der Waals surface area contributed by atoms with Crippen LogP contribution < -0.4 is 10.1 Å². The SMILES string of the molecule is CC1(C)CNC1C1CCN(C(=O)C2Cc3cccc(F)c3O2)CC1. The number of nitrogens with zero attached hydrogens (tertiary/aromatic N) is 1. The average molecular weight is 332 g/mol. The Bertz CT molecular complexity index is 653. The van der Waals surface area contributed by atoms with Crippen molar-refractivity contribution in [3.63, 3.8) is 0 Å². The zero-order valence-corrected chi connectivity index (χ0v) is 14.3. The minimum Gasteiger partial charge on any atom is -0.477 e. The number of rotatable bonds is 2. The lowest BCUT2D eigenvalue weighted by molar-refractivity contribution is -0.140. The molecule has 24 heavy (non-hydrogen) atoms. The zero-order chi connectivity index (χ0) is 16.9. The molecule has 130 valence electrons. The molecule has 1 aromatic carbocycles. The van der Waals surface area contributed by atoms with E-state index in [-0.39, 0.29) is 17.5 Å². The van der Waals surface area contributed by atoms with Gasteiger partial charge in [-0.1, -0.05) is 26.0 Å². The van der Waals surface area contributed by atoms with E-state index < -0.39 is 6.10 Å². The molecule has 1 aromatic rings. The number of carbonyl (C=O) groups excluding carboxylic acids is 1. The number of fused-ring (bicyclic) bond motifs is 1. The van der Waals surface area contributed by atoms with Crippen molar-refractivity contribution in [1.82, 2.24) is 10.2 Å². The molecule has 0 spiro atoms. The van der Waals surface area contributed by atoms with Crippen molar-refractivity contribution in [2.45, 2.75) is 45.3 Å². The lowest BCUT2D eigenvalue weighted by atomic mass is 9.68. The third-order valence-corrected chi connectivity index (χ3v) is 5.93. The molecule has 2 unspecified atom stereocenters. The fourth-order valence-electron chi connectivity index (χ4n) is 4.46. The fraction of sp³-hybridized carbons (Fsp3) is 0.632. The van der Waals surface area contributed by atoms with Gasteiger partial charge in [0.1, 0.15) is 0 Å². The van der Waals surface area contributed by atoms with Gasteiger partial charge in [-0.05, 0) is 30.2 Å². The summed E-state index contributed by atoms with van der Waals surface area (Å²) >= 11 is 0. The molecule has 5 heteroatoms. The predicted octanol–water partition coefficient (Wildman–Crippen LogP) is 2.37. The lowest BCUT2D eigenvalue weighted by Gasteiger charge is -2.51. The van der Waals surface area contributed by atoms with Crippen LogP contribution in [0.1, 0.15) is 32.3 Å². The van der Waals surface area contributed by atoms with Crippen molar-refractivity contribution in [3.8, 4) is 5.75 Å². The van der Waals surface area contributed by atoms with Crippen LogP contribution in [0.4, 0.5) is 4.39 Å².